The molecule has 0 aliphatic carbocycles. The highest BCUT2D eigenvalue weighted by molar-refractivity contribution is 6.30. The minimum absolute atomic E-state index is 0.221. The summed E-state index contributed by atoms with van der Waals surface area (Å²) in [4.78, 5) is 16.6. The van der Waals surface area contributed by atoms with Gasteiger partial charge in [0, 0.05) is 29.9 Å². The number of methoxy groups -OCH3 is 1. The number of aromatic nitrogens is 1. The minimum atomic E-state index is -0.645. The standard InChI is InChI=1S/C23H23ClN2O4/c1-15-11-18(24)8-9-21(15)29-16(2)23(27)26-14-17-7-10-22(25-13-17)30-20-6-4-5-19(12-20)28-3/h4-13,16H,14H2,1-3H3,(H,26,27). The normalized spacial score (nSPS) is 11.5. The lowest BCUT2D eigenvalue weighted by Crippen LogP contribution is -2.36. The molecule has 156 valence electrons. The van der Waals surface area contributed by atoms with Crippen LogP contribution < -0.4 is 19.5 Å². The Morgan fingerprint density at radius 2 is 1.93 bits per heavy atom. The molecular formula is C23H23ClN2O4. The van der Waals surface area contributed by atoms with Crippen LogP contribution in [0.25, 0.3) is 0 Å². The predicted octanol–water partition coefficient (Wildman–Crippen LogP) is 4.93. The van der Waals surface area contributed by atoms with Gasteiger partial charge in [-0.15, -0.1) is 0 Å². The minimum Gasteiger partial charge on any atom is -0.497 e. The van der Waals surface area contributed by atoms with Crippen molar-refractivity contribution >= 4 is 17.5 Å². The average molecular weight is 427 g/mol. The van der Waals surface area contributed by atoms with Crippen molar-refractivity contribution in [1.82, 2.24) is 10.3 Å². The zero-order valence-electron chi connectivity index (χ0n) is 17.0. The lowest BCUT2D eigenvalue weighted by molar-refractivity contribution is -0.127. The van der Waals surface area contributed by atoms with E-state index in [9.17, 15) is 4.79 Å². The topological polar surface area (TPSA) is 69.7 Å². The number of amides is 1. The summed E-state index contributed by atoms with van der Waals surface area (Å²) in [6.45, 7) is 3.91. The van der Waals surface area contributed by atoms with Gasteiger partial charge in [-0.05, 0) is 55.3 Å². The van der Waals surface area contributed by atoms with E-state index in [0.29, 0.717) is 34.7 Å². The van der Waals surface area contributed by atoms with Crippen molar-refractivity contribution in [2.45, 2.75) is 26.5 Å². The summed E-state index contributed by atoms with van der Waals surface area (Å²) >= 11 is 5.95. The van der Waals surface area contributed by atoms with Gasteiger partial charge in [0.25, 0.3) is 5.91 Å². The molecule has 1 N–H and O–H groups in total. The summed E-state index contributed by atoms with van der Waals surface area (Å²) in [7, 11) is 1.60. The van der Waals surface area contributed by atoms with Gasteiger partial charge in [-0.25, -0.2) is 4.98 Å². The van der Waals surface area contributed by atoms with Gasteiger partial charge in [0.05, 0.1) is 7.11 Å². The van der Waals surface area contributed by atoms with Gasteiger partial charge in [-0.3, -0.25) is 4.79 Å². The van der Waals surface area contributed by atoms with Crippen molar-refractivity contribution in [3.63, 3.8) is 0 Å². The fourth-order valence-electron chi connectivity index (χ4n) is 2.68. The Kier molecular flexibility index (Phi) is 7.14. The lowest BCUT2D eigenvalue weighted by atomic mass is 10.2. The van der Waals surface area contributed by atoms with Crippen LogP contribution in [-0.4, -0.2) is 24.1 Å². The highest BCUT2D eigenvalue weighted by atomic mass is 35.5. The van der Waals surface area contributed by atoms with Crippen LogP contribution in [0.15, 0.2) is 60.8 Å². The number of halogens is 1. The smallest absolute Gasteiger partial charge is 0.261 e. The average Bonchev–Trinajstić information content (AvgIpc) is 2.75. The Labute approximate surface area is 180 Å². The maximum atomic E-state index is 12.3. The number of aryl methyl sites for hydroxylation is 1. The molecule has 1 heterocycles. The number of nitrogens with one attached hydrogen (secondary N) is 1. The molecule has 1 atom stereocenters. The molecule has 1 amide bonds. The number of benzene rings is 2. The number of carbonyl (C=O) groups is 1. The first-order valence-corrected chi connectivity index (χ1v) is 9.80. The van der Waals surface area contributed by atoms with Crippen LogP contribution in [0.4, 0.5) is 0 Å². The zero-order valence-corrected chi connectivity index (χ0v) is 17.8. The summed E-state index contributed by atoms with van der Waals surface area (Å²) in [5.74, 6) is 2.19. The van der Waals surface area contributed by atoms with Crippen LogP contribution in [0, 0.1) is 6.92 Å². The third-order valence-corrected chi connectivity index (χ3v) is 4.57. The first kappa shape index (κ1) is 21.5. The van der Waals surface area contributed by atoms with Crippen LogP contribution in [-0.2, 0) is 11.3 Å². The molecule has 0 fully saturated rings. The van der Waals surface area contributed by atoms with Crippen molar-refractivity contribution < 1.29 is 19.0 Å². The SMILES string of the molecule is COc1cccc(Oc2ccc(CNC(=O)C(C)Oc3ccc(Cl)cc3C)cn2)c1. The summed E-state index contributed by atoms with van der Waals surface area (Å²) in [5, 5.41) is 3.47. The molecule has 7 heteroatoms. The molecule has 1 unspecified atom stereocenters. The van der Waals surface area contributed by atoms with Crippen molar-refractivity contribution in [2.24, 2.45) is 0 Å². The molecule has 0 spiro atoms. The molecule has 0 bridgehead atoms. The van der Waals surface area contributed by atoms with E-state index in [4.69, 9.17) is 25.8 Å². The molecule has 3 rings (SSSR count). The van der Waals surface area contributed by atoms with E-state index in [1.807, 2.05) is 31.2 Å². The third kappa shape index (κ3) is 5.87. The predicted molar refractivity (Wildman–Crippen MR) is 115 cm³/mol. The van der Waals surface area contributed by atoms with Crippen LogP contribution >= 0.6 is 11.6 Å². The Morgan fingerprint density at radius 3 is 2.63 bits per heavy atom. The number of hydrogen-bond donors (Lipinski definition) is 1. The van der Waals surface area contributed by atoms with Crippen LogP contribution in [0.2, 0.25) is 5.02 Å². The van der Waals surface area contributed by atoms with Gasteiger partial charge in [0.2, 0.25) is 5.88 Å². The number of carbonyl (C=O) groups excluding carboxylic acids is 1. The van der Waals surface area contributed by atoms with E-state index in [1.165, 1.54) is 0 Å². The highest BCUT2D eigenvalue weighted by Crippen LogP contribution is 2.24. The molecule has 6 nitrogen and oxygen atoms in total. The fraction of sp³-hybridized carbons (Fsp3) is 0.217. The van der Waals surface area contributed by atoms with Gasteiger partial charge in [0.15, 0.2) is 6.10 Å². The second-order valence-corrected chi connectivity index (χ2v) is 7.11. The molecule has 3 aromatic rings. The molecular weight excluding hydrogens is 404 g/mol. The zero-order chi connectivity index (χ0) is 21.5. The third-order valence-electron chi connectivity index (χ3n) is 4.34. The first-order valence-electron chi connectivity index (χ1n) is 9.42. The second-order valence-electron chi connectivity index (χ2n) is 6.67. The summed E-state index contributed by atoms with van der Waals surface area (Å²) in [5.41, 5.74) is 1.72. The molecule has 0 aliphatic rings. The van der Waals surface area contributed by atoms with Gasteiger partial charge < -0.3 is 19.5 Å². The van der Waals surface area contributed by atoms with E-state index >= 15 is 0 Å². The number of hydrogen-bond acceptors (Lipinski definition) is 5. The Morgan fingerprint density at radius 1 is 1.13 bits per heavy atom. The van der Waals surface area contributed by atoms with E-state index < -0.39 is 6.10 Å². The fourth-order valence-corrected chi connectivity index (χ4v) is 2.91. The molecule has 30 heavy (non-hydrogen) atoms. The van der Waals surface area contributed by atoms with Crippen molar-refractivity contribution in [3.05, 3.63) is 76.9 Å². The lowest BCUT2D eigenvalue weighted by Gasteiger charge is -2.16. The van der Waals surface area contributed by atoms with Crippen molar-refractivity contribution in [3.8, 4) is 23.1 Å². The van der Waals surface area contributed by atoms with E-state index in [1.54, 1.807) is 50.6 Å². The molecule has 0 aliphatic heterocycles. The number of pyridine rings is 1. The van der Waals surface area contributed by atoms with Gasteiger partial charge >= 0.3 is 0 Å². The highest BCUT2D eigenvalue weighted by Gasteiger charge is 2.15. The van der Waals surface area contributed by atoms with Gasteiger partial charge in [0.1, 0.15) is 17.2 Å². The Hall–Kier alpha value is -3.25. The summed E-state index contributed by atoms with van der Waals surface area (Å²) in [6, 6.07) is 16.2. The van der Waals surface area contributed by atoms with Crippen LogP contribution in [0.3, 0.4) is 0 Å². The molecule has 0 saturated carbocycles. The molecule has 0 radical (unpaired) electrons. The quantitative estimate of drug-likeness (QED) is 0.553. The summed E-state index contributed by atoms with van der Waals surface area (Å²) in [6.07, 6.45) is 1.01. The monoisotopic (exact) mass is 426 g/mol. The van der Waals surface area contributed by atoms with Gasteiger partial charge in [-0.2, -0.15) is 0 Å². The van der Waals surface area contributed by atoms with Crippen molar-refractivity contribution in [2.75, 3.05) is 7.11 Å². The molecule has 0 saturated heterocycles. The second kappa shape index (κ2) is 9.98. The maximum Gasteiger partial charge on any atom is 0.261 e. The Balaban J connectivity index is 1.52. The van der Waals surface area contributed by atoms with E-state index in [2.05, 4.69) is 10.3 Å². The molecule has 1 aromatic heterocycles. The molecule has 2 aromatic carbocycles. The van der Waals surface area contributed by atoms with Gasteiger partial charge in [-0.1, -0.05) is 23.7 Å². The Bertz CT molecular complexity index is 1010. The summed E-state index contributed by atoms with van der Waals surface area (Å²) < 4.78 is 16.6. The number of rotatable bonds is 8. The van der Waals surface area contributed by atoms with Crippen LogP contribution in [0.5, 0.6) is 23.1 Å². The van der Waals surface area contributed by atoms with E-state index in [-0.39, 0.29) is 5.91 Å². The van der Waals surface area contributed by atoms with E-state index in [0.717, 1.165) is 11.1 Å². The van der Waals surface area contributed by atoms with Crippen molar-refractivity contribution in [1.29, 1.82) is 0 Å². The van der Waals surface area contributed by atoms with Crippen LogP contribution in [0.1, 0.15) is 18.1 Å². The largest absolute Gasteiger partial charge is 0.497 e. The maximum absolute atomic E-state index is 12.3. The first-order chi connectivity index (χ1) is 14.4. The number of ether oxygens (including phenoxy) is 3. The number of nitrogens with zero attached hydrogens (tertiary/aromatic N) is 1.